The van der Waals surface area contributed by atoms with E-state index in [1.54, 1.807) is 0 Å². The number of hydrogen-bond acceptors (Lipinski definition) is 4. The molecule has 2 aromatic carbocycles. The number of anilines is 2. The minimum absolute atomic E-state index is 0.668. The Labute approximate surface area is 157 Å². The molecule has 2 heterocycles. The summed E-state index contributed by atoms with van der Waals surface area (Å²) in [4.78, 5) is 2.16. The summed E-state index contributed by atoms with van der Waals surface area (Å²) < 4.78 is 1.89. The summed E-state index contributed by atoms with van der Waals surface area (Å²) in [7, 11) is 2.04. The fraction of sp³-hybridized carbons (Fsp3) is 0.0909. The number of benzene rings is 2. The van der Waals surface area contributed by atoms with Crippen molar-refractivity contribution in [2.75, 3.05) is 17.7 Å². The lowest BCUT2D eigenvalue weighted by Gasteiger charge is -2.19. The second kappa shape index (κ2) is 6.85. The van der Waals surface area contributed by atoms with E-state index in [1.165, 1.54) is 5.56 Å². The SMILES string of the molecule is CN(Cc1ccn2ncc(-c3ccc(N)cc3)c2c1)c1ccc(C#N)cc1. The van der Waals surface area contributed by atoms with Crippen LogP contribution < -0.4 is 10.6 Å². The van der Waals surface area contributed by atoms with Crippen molar-refractivity contribution in [3.63, 3.8) is 0 Å². The van der Waals surface area contributed by atoms with E-state index in [-0.39, 0.29) is 0 Å². The van der Waals surface area contributed by atoms with E-state index in [2.05, 4.69) is 28.2 Å². The molecule has 5 nitrogen and oxygen atoms in total. The van der Waals surface area contributed by atoms with Crippen LogP contribution in [0.3, 0.4) is 0 Å². The van der Waals surface area contributed by atoms with Gasteiger partial charge in [-0.15, -0.1) is 0 Å². The average Bonchev–Trinajstić information content (AvgIpc) is 3.12. The third-order valence-electron chi connectivity index (χ3n) is 4.66. The molecule has 0 radical (unpaired) electrons. The van der Waals surface area contributed by atoms with Gasteiger partial charge in [0.1, 0.15) is 0 Å². The van der Waals surface area contributed by atoms with Gasteiger partial charge in [-0.1, -0.05) is 12.1 Å². The van der Waals surface area contributed by atoms with E-state index in [1.807, 2.05) is 72.5 Å². The van der Waals surface area contributed by atoms with E-state index >= 15 is 0 Å². The highest BCUT2D eigenvalue weighted by molar-refractivity contribution is 5.80. The number of nitrogens with zero attached hydrogens (tertiary/aromatic N) is 4. The molecule has 0 saturated carbocycles. The first-order valence-electron chi connectivity index (χ1n) is 8.67. The fourth-order valence-electron chi connectivity index (χ4n) is 3.16. The normalized spacial score (nSPS) is 10.7. The smallest absolute Gasteiger partial charge is 0.0991 e. The molecule has 5 heteroatoms. The first kappa shape index (κ1) is 16.7. The summed E-state index contributed by atoms with van der Waals surface area (Å²) in [6.45, 7) is 0.759. The first-order valence-corrected chi connectivity index (χ1v) is 8.67. The second-order valence-electron chi connectivity index (χ2n) is 6.56. The Morgan fingerprint density at radius 1 is 1.07 bits per heavy atom. The van der Waals surface area contributed by atoms with Crippen molar-refractivity contribution in [1.29, 1.82) is 5.26 Å². The van der Waals surface area contributed by atoms with Crippen LogP contribution in [0.1, 0.15) is 11.1 Å². The molecule has 0 aliphatic carbocycles. The Morgan fingerprint density at radius 3 is 2.52 bits per heavy atom. The van der Waals surface area contributed by atoms with Gasteiger partial charge in [-0.25, -0.2) is 4.52 Å². The molecule has 0 saturated heterocycles. The summed E-state index contributed by atoms with van der Waals surface area (Å²) >= 11 is 0. The molecule has 0 bridgehead atoms. The molecule has 0 unspecified atom stereocenters. The lowest BCUT2D eigenvalue weighted by atomic mass is 10.1. The summed E-state index contributed by atoms with van der Waals surface area (Å²) in [6.07, 6.45) is 3.87. The Hall–Kier alpha value is -3.78. The molecule has 4 aromatic rings. The van der Waals surface area contributed by atoms with Gasteiger partial charge in [-0.05, 0) is 59.7 Å². The van der Waals surface area contributed by atoms with Crippen molar-refractivity contribution in [3.8, 4) is 17.2 Å². The molecule has 0 aliphatic heterocycles. The molecule has 4 rings (SSSR count). The Bertz CT molecular complexity index is 1120. The van der Waals surface area contributed by atoms with Gasteiger partial charge in [0.15, 0.2) is 0 Å². The maximum Gasteiger partial charge on any atom is 0.0991 e. The van der Waals surface area contributed by atoms with Gasteiger partial charge < -0.3 is 10.6 Å². The third-order valence-corrected chi connectivity index (χ3v) is 4.66. The molecule has 2 N–H and O–H groups in total. The molecular weight excluding hydrogens is 334 g/mol. The van der Waals surface area contributed by atoms with Crippen LogP contribution in [0.15, 0.2) is 73.1 Å². The van der Waals surface area contributed by atoms with Crippen molar-refractivity contribution in [1.82, 2.24) is 9.61 Å². The molecule has 27 heavy (non-hydrogen) atoms. The predicted octanol–water partition coefficient (Wildman–Crippen LogP) is 4.09. The van der Waals surface area contributed by atoms with Gasteiger partial charge in [0.05, 0.1) is 23.3 Å². The topological polar surface area (TPSA) is 70.3 Å². The van der Waals surface area contributed by atoms with Crippen LogP contribution in [0.25, 0.3) is 16.6 Å². The minimum atomic E-state index is 0.668. The number of nitrogens with two attached hydrogens (primary N) is 1. The summed E-state index contributed by atoms with van der Waals surface area (Å²) in [5.74, 6) is 0. The molecule has 0 fully saturated rings. The first-order chi connectivity index (χ1) is 13.1. The van der Waals surface area contributed by atoms with Gasteiger partial charge in [-0.3, -0.25) is 0 Å². The zero-order chi connectivity index (χ0) is 18.8. The number of nitrogen functional groups attached to an aromatic ring is 1. The van der Waals surface area contributed by atoms with Crippen LogP contribution in [0.2, 0.25) is 0 Å². The summed E-state index contributed by atoms with van der Waals surface area (Å²) in [6, 6.07) is 21.8. The molecule has 0 spiro atoms. The predicted molar refractivity (Wildman–Crippen MR) is 108 cm³/mol. The van der Waals surface area contributed by atoms with Crippen molar-refractivity contribution in [3.05, 3.63) is 84.2 Å². The number of nitriles is 1. The quantitative estimate of drug-likeness (QED) is 0.561. The van der Waals surface area contributed by atoms with Crippen LogP contribution in [0, 0.1) is 11.3 Å². The van der Waals surface area contributed by atoms with E-state index in [0.717, 1.165) is 34.6 Å². The van der Waals surface area contributed by atoms with Gasteiger partial charge in [-0.2, -0.15) is 10.4 Å². The van der Waals surface area contributed by atoms with Crippen molar-refractivity contribution in [2.45, 2.75) is 6.54 Å². The highest BCUT2D eigenvalue weighted by Gasteiger charge is 2.09. The Morgan fingerprint density at radius 2 is 1.81 bits per heavy atom. The van der Waals surface area contributed by atoms with Crippen LogP contribution in [-0.4, -0.2) is 16.7 Å². The molecule has 0 amide bonds. The highest BCUT2D eigenvalue weighted by atomic mass is 15.2. The van der Waals surface area contributed by atoms with Crippen LogP contribution in [-0.2, 0) is 6.54 Å². The molecular formula is C22H19N5. The number of aromatic nitrogens is 2. The van der Waals surface area contributed by atoms with Gasteiger partial charge in [0, 0.05) is 36.7 Å². The van der Waals surface area contributed by atoms with Crippen LogP contribution in [0.4, 0.5) is 11.4 Å². The van der Waals surface area contributed by atoms with Crippen molar-refractivity contribution in [2.24, 2.45) is 0 Å². The molecule has 2 aromatic heterocycles. The van der Waals surface area contributed by atoms with E-state index < -0.39 is 0 Å². The Kier molecular flexibility index (Phi) is 4.23. The highest BCUT2D eigenvalue weighted by Crippen LogP contribution is 2.26. The fourth-order valence-corrected chi connectivity index (χ4v) is 3.16. The number of rotatable bonds is 4. The van der Waals surface area contributed by atoms with E-state index in [9.17, 15) is 0 Å². The number of hydrogen-bond donors (Lipinski definition) is 1. The zero-order valence-electron chi connectivity index (χ0n) is 15.0. The average molecular weight is 353 g/mol. The second-order valence-corrected chi connectivity index (χ2v) is 6.56. The summed E-state index contributed by atoms with van der Waals surface area (Å²) in [5, 5.41) is 13.4. The number of fused-ring (bicyclic) bond motifs is 1. The maximum atomic E-state index is 8.94. The summed E-state index contributed by atoms with van der Waals surface area (Å²) in [5.41, 5.74) is 12.7. The standard InChI is InChI=1S/C22H19N5/c1-26(20-8-2-16(13-23)3-9-20)15-17-10-11-27-22(12-17)21(14-25-27)18-4-6-19(24)7-5-18/h2-12,14H,15,24H2,1H3. The molecule has 132 valence electrons. The van der Waals surface area contributed by atoms with Crippen LogP contribution in [0.5, 0.6) is 0 Å². The molecule has 0 atom stereocenters. The van der Waals surface area contributed by atoms with Crippen molar-refractivity contribution < 1.29 is 0 Å². The third kappa shape index (κ3) is 3.33. The zero-order valence-corrected chi connectivity index (χ0v) is 15.0. The molecule has 0 aliphatic rings. The lowest BCUT2D eigenvalue weighted by molar-refractivity contribution is 0.904. The lowest BCUT2D eigenvalue weighted by Crippen LogP contribution is -2.16. The van der Waals surface area contributed by atoms with Gasteiger partial charge in [0.2, 0.25) is 0 Å². The minimum Gasteiger partial charge on any atom is -0.399 e. The van der Waals surface area contributed by atoms with Crippen LogP contribution >= 0.6 is 0 Å². The van der Waals surface area contributed by atoms with E-state index in [0.29, 0.717) is 5.56 Å². The van der Waals surface area contributed by atoms with Gasteiger partial charge in [0.25, 0.3) is 0 Å². The maximum absolute atomic E-state index is 8.94. The Balaban J connectivity index is 1.63. The number of pyridine rings is 1. The van der Waals surface area contributed by atoms with Gasteiger partial charge >= 0.3 is 0 Å². The largest absolute Gasteiger partial charge is 0.399 e. The van der Waals surface area contributed by atoms with E-state index in [4.69, 9.17) is 11.0 Å². The van der Waals surface area contributed by atoms with Crippen molar-refractivity contribution >= 4 is 16.9 Å². The monoisotopic (exact) mass is 353 g/mol.